The number of nitrogens with one attached hydrogen (secondary N) is 1. The Morgan fingerprint density at radius 3 is 2.28 bits per heavy atom. The van der Waals surface area contributed by atoms with Gasteiger partial charge in [-0.25, -0.2) is 0 Å². The Kier molecular flexibility index (Phi) is 3.83. The zero-order chi connectivity index (χ0) is 13.2. The van der Waals surface area contributed by atoms with Crippen LogP contribution in [0.1, 0.15) is 31.2 Å². The molecule has 1 aliphatic rings. The Balaban J connectivity index is 2.08. The minimum atomic E-state index is -4.09. The van der Waals surface area contributed by atoms with Crippen molar-refractivity contribution in [3.8, 4) is 0 Å². The Morgan fingerprint density at radius 2 is 1.67 bits per heavy atom. The third-order valence-electron chi connectivity index (χ3n) is 3.59. The lowest BCUT2D eigenvalue weighted by Gasteiger charge is -2.34. The van der Waals surface area contributed by atoms with Gasteiger partial charge >= 0.3 is 6.18 Å². The molecule has 18 heavy (non-hydrogen) atoms. The summed E-state index contributed by atoms with van der Waals surface area (Å²) in [6, 6.07) is 7.03. The molecule has 1 N–H and O–H groups in total. The molecule has 1 saturated carbocycles. The molecule has 0 saturated heterocycles. The van der Waals surface area contributed by atoms with Gasteiger partial charge in [-0.05, 0) is 31.9 Å². The largest absolute Gasteiger partial charge is 0.393 e. The van der Waals surface area contributed by atoms with Gasteiger partial charge in [0.15, 0.2) is 0 Å². The van der Waals surface area contributed by atoms with E-state index < -0.39 is 18.1 Å². The van der Waals surface area contributed by atoms with E-state index in [1.54, 1.807) is 0 Å². The lowest BCUT2D eigenvalue weighted by Crippen LogP contribution is -2.41. The molecule has 1 aliphatic carbocycles. The topological polar surface area (TPSA) is 12.0 Å². The van der Waals surface area contributed by atoms with Crippen LogP contribution in [0.5, 0.6) is 0 Å². The van der Waals surface area contributed by atoms with E-state index in [4.69, 9.17) is 0 Å². The quantitative estimate of drug-likeness (QED) is 0.820. The SMILES string of the molecule is Cc1ccc(NC2CCCCC2C(F)(F)F)cc1. The molecule has 1 aromatic rings. The first-order valence-corrected chi connectivity index (χ1v) is 6.37. The number of alkyl halides is 3. The van der Waals surface area contributed by atoms with Crippen molar-refractivity contribution in [3.63, 3.8) is 0 Å². The van der Waals surface area contributed by atoms with E-state index in [1.807, 2.05) is 31.2 Å². The normalized spacial score (nSPS) is 24.9. The summed E-state index contributed by atoms with van der Waals surface area (Å²) < 4.78 is 38.8. The van der Waals surface area contributed by atoms with E-state index in [0.29, 0.717) is 12.8 Å². The van der Waals surface area contributed by atoms with E-state index in [2.05, 4.69) is 5.32 Å². The molecule has 0 aromatic heterocycles. The fourth-order valence-corrected chi connectivity index (χ4v) is 2.56. The summed E-state index contributed by atoms with van der Waals surface area (Å²) in [4.78, 5) is 0. The summed E-state index contributed by atoms with van der Waals surface area (Å²) in [5.74, 6) is -1.22. The van der Waals surface area contributed by atoms with Crippen molar-refractivity contribution in [2.24, 2.45) is 5.92 Å². The zero-order valence-electron chi connectivity index (χ0n) is 10.4. The number of hydrogen-bond acceptors (Lipinski definition) is 1. The van der Waals surface area contributed by atoms with Gasteiger partial charge in [-0.15, -0.1) is 0 Å². The van der Waals surface area contributed by atoms with E-state index >= 15 is 0 Å². The second-order valence-corrected chi connectivity index (χ2v) is 5.05. The highest BCUT2D eigenvalue weighted by atomic mass is 19.4. The standard InChI is InChI=1S/C14H18F3N/c1-10-6-8-11(9-7-10)18-13-5-3-2-4-12(13)14(15,16)17/h6-9,12-13,18H,2-5H2,1H3. The molecule has 0 heterocycles. The van der Waals surface area contributed by atoms with Crippen LogP contribution in [0.3, 0.4) is 0 Å². The van der Waals surface area contributed by atoms with E-state index in [-0.39, 0.29) is 6.42 Å². The first-order chi connectivity index (χ1) is 8.47. The number of halogens is 3. The highest BCUT2D eigenvalue weighted by Gasteiger charge is 2.45. The Bertz CT molecular complexity index is 383. The number of rotatable bonds is 2. The van der Waals surface area contributed by atoms with Crippen LogP contribution >= 0.6 is 0 Å². The second-order valence-electron chi connectivity index (χ2n) is 5.05. The van der Waals surface area contributed by atoms with Gasteiger partial charge < -0.3 is 5.32 Å². The summed E-state index contributed by atoms with van der Waals surface area (Å²) in [5.41, 5.74) is 1.89. The van der Waals surface area contributed by atoms with Crippen LogP contribution < -0.4 is 5.32 Å². The minimum absolute atomic E-state index is 0.243. The molecule has 0 spiro atoms. The molecule has 0 radical (unpaired) electrons. The second kappa shape index (κ2) is 5.21. The van der Waals surface area contributed by atoms with E-state index in [0.717, 1.165) is 17.7 Å². The maximum atomic E-state index is 12.9. The Hall–Kier alpha value is -1.19. The molecule has 1 fully saturated rings. The van der Waals surface area contributed by atoms with Gasteiger partial charge in [0.25, 0.3) is 0 Å². The van der Waals surface area contributed by atoms with E-state index in [1.165, 1.54) is 0 Å². The number of hydrogen-bond donors (Lipinski definition) is 1. The van der Waals surface area contributed by atoms with Crippen LogP contribution in [0.25, 0.3) is 0 Å². The van der Waals surface area contributed by atoms with Crippen molar-refractivity contribution in [2.45, 2.75) is 44.8 Å². The molecule has 2 rings (SSSR count). The summed E-state index contributed by atoms with van der Waals surface area (Å²) in [6.07, 6.45) is -1.71. The molecule has 4 heteroatoms. The molecule has 0 bridgehead atoms. The molecule has 0 amide bonds. The summed E-state index contributed by atoms with van der Waals surface area (Å²) in [5, 5.41) is 3.04. The lowest BCUT2D eigenvalue weighted by molar-refractivity contribution is -0.184. The fraction of sp³-hybridized carbons (Fsp3) is 0.571. The number of aryl methyl sites for hydroxylation is 1. The molecule has 1 nitrogen and oxygen atoms in total. The van der Waals surface area contributed by atoms with Crippen LogP contribution in [-0.4, -0.2) is 12.2 Å². The Morgan fingerprint density at radius 1 is 1.06 bits per heavy atom. The first-order valence-electron chi connectivity index (χ1n) is 6.37. The van der Waals surface area contributed by atoms with Crippen molar-refractivity contribution >= 4 is 5.69 Å². The third kappa shape index (κ3) is 3.18. The van der Waals surface area contributed by atoms with Crippen molar-refractivity contribution in [2.75, 3.05) is 5.32 Å². The van der Waals surface area contributed by atoms with Crippen molar-refractivity contribution in [3.05, 3.63) is 29.8 Å². The fourth-order valence-electron chi connectivity index (χ4n) is 2.56. The maximum absolute atomic E-state index is 12.9. The third-order valence-corrected chi connectivity index (χ3v) is 3.59. The van der Waals surface area contributed by atoms with Gasteiger partial charge in [0, 0.05) is 11.7 Å². The average molecular weight is 257 g/mol. The predicted molar refractivity (Wildman–Crippen MR) is 66.6 cm³/mol. The van der Waals surface area contributed by atoms with E-state index in [9.17, 15) is 13.2 Å². The molecular formula is C14H18F3N. The minimum Gasteiger partial charge on any atom is -0.382 e. The van der Waals surface area contributed by atoms with Crippen LogP contribution in [0.15, 0.2) is 24.3 Å². The van der Waals surface area contributed by atoms with Crippen LogP contribution in [-0.2, 0) is 0 Å². The van der Waals surface area contributed by atoms with Crippen LogP contribution in [0, 0.1) is 12.8 Å². The Labute approximate surface area is 105 Å². The predicted octanol–water partition coefficient (Wildman–Crippen LogP) is 4.53. The number of benzene rings is 1. The van der Waals surface area contributed by atoms with Crippen LogP contribution in [0.4, 0.5) is 18.9 Å². The van der Waals surface area contributed by atoms with Gasteiger partial charge in [-0.1, -0.05) is 30.5 Å². The molecular weight excluding hydrogens is 239 g/mol. The lowest BCUT2D eigenvalue weighted by atomic mass is 9.84. The molecule has 1 aromatic carbocycles. The summed E-state index contributed by atoms with van der Waals surface area (Å²) in [7, 11) is 0. The smallest absolute Gasteiger partial charge is 0.382 e. The summed E-state index contributed by atoms with van der Waals surface area (Å²) in [6.45, 7) is 1.96. The van der Waals surface area contributed by atoms with Crippen molar-refractivity contribution < 1.29 is 13.2 Å². The molecule has 2 atom stereocenters. The van der Waals surface area contributed by atoms with Gasteiger partial charge in [-0.3, -0.25) is 0 Å². The van der Waals surface area contributed by atoms with Crippen molar-refractivity contribution in [1.29, 1.82) is 0 Å². The highest BCUT2D eigenvalue weighted by Crippen LogP contribution is 2.38. The first kappa shape index (κ1) is 13.2. The highest BCUT2D eigenvalue weighted by molar-refractivity contribution is 5.45. The van der Waals surface area contributed by atoms with Gasteiger partial charge in [0.05, 0.1) is 5.92 Å². The van der Waals surface area contributed by atoms with Gasteiger partial charge in [-0.2, -0.15) is 13.2 Å². The van der Waals surface area contributed by atoms with Gasteiger partial charge in [0.2, 0.25) is 0 Å². The number of anilines is 1. The van der Waals surface area contributed by atoms with Crippen molar-refractivity contribution in [1.82, 2.24) is 0 Å². The molecule has 0 aliphatic heterocycles. The zero-order valence-corrected chi connectivity index (χ0v) is 10.4. The molecule has 100 valence electrons. The monoisotopic (exact) mass is 257 g/mol. The van der Waals surface area contributed by atoms with Gasteiger partial charge in [0.1, 0.15) is 0 Å². The average Bonchev–Trinajstić information content (AvgIpc) is 2.31. The maximum Gasteiger partial charge on any atom is 0.393 e. The molecule has 2 unspecified atom stereocenters. The van der Waals surface area contributed by atoms with Crippen LogP contribution in [0.2, 0.25) is 0 Å². The summed E-state index contributed by atoms with van der Waals surface area (Å²) >= 11 is 0.